The van der Waals surface area contributed by atoms with Crippen LogP contribution in [0.3, 0.4) is 0 Å². The van der Waals surface area contributed by atoms with Gasteiger partial charge in [-0.2, -0.15) is 0 Å². The third-order valence-corrected chi connectivity index (χ3v) is 3.69. The number of aliphatic hydroxyl groups is 1. The van der Waals surface area contributed by atoms with Gasteiger partial charge in [0.15, 0.2) is 0 Å². The molecule has 1 saturated heterocycles. The zero-order valence-corrected chi connectivity index (χ0v) is 11.0. The van der Waals surface area contributed by atoms with Gasteiger partial charge in [0.25, 0.3) is 0 Å². The van der Waals surface area contributed by atoms with Crippen LogP contribution in [0.1, 0.15) is 33.1 Å². The number of rotatable bonds is 0. The predicted molar refractivity (Wildman–Crippen MR) is 69.9 cm³/mol. The first-order chi connectivity index (χ1) is 8.49. The van der Waals surface area contributed by atoms with Gasteiger partial charge in [-0.05, 0) is 39.2 Å². The van der Waals surface area contributed by atoms with Gasteiger partial charge in [0, 0.05) is 5.57 Å². The van der Waals surface area contributed by atoms with Gasteiger partial charge >= 0.3 is 5.97 Å². The number of aliphatic hydroxyl groups excluding tert-OH is 1. The van der Waals surface area contributed by atoms with Crippen LogP contribution < -0.4 is 0 Å². The Kier molecular flexibility index (Phi) is 3.71. The summed E-state index contributed by atoms with van der Waals surface area (Å²) in [6, 6.07) is 0. The summed E-state index contributed by atoms with van der Waals surface area (Å²) in [5.41, 5.74) is 2.73. The Morgan fingerprint density at radius 3 is 2.83 bits per heavy atom. The van der Waals surface area contributed by atoms with Gasteiger partial charge in [0.2, 0.25) is 0 Å². The van der Waals surface area contributed by atoms with Crippen molar-refractivity contribution in [2.75, 3.05) is 0 Å². The molecule has 18 heavy (non-hydrogen) atoms. The van der Waals surface area contributed by atoms with Crippen LogP contribution in [0.15, 0.2) is 35.5 Å². The summed E-state index contributed by atoms with van der Waals surface area (Å²) in [4.78, 5) is 11.6. The molecule has 98 valence electrons. The quantitative estimate of drug-likeness (QED) is 0.407. The number of hydrogen-bond donors (Lipinski definition) is 1. The normalized spacial score (nSPS) is 39.2. The minimum atomic E-state index is -0.604. The van der Waals surface area contributed by atoms with E-state index in [-0.39, 0.29) is 18.0 Å². The summed E-state index contributed by atoms with van der Waals surface area (Å²) < 4.78 is 5.29. The number of ether oxygens (including phenoxy) is 1. The number of carbonyl (C=O) groups is 1. The molecule has 3 nitrogen and oxygen atoms in total. The van der Waals surface area contributed by atoms with Gasteiger partial charge in [-0.1, -0.05) is 23.8 Å². The van der Waals surface area contributed by atoms with Crippen molar-refractivity contribution in [3.8, 4) is 0 Å². The molecule has 0 radical (unpaired) electrons. The molecular weight excluding hydrogens is 228 g/mol. The molecule has 0 spiro atoms. The van der Waals surface area contributed by atoms with Crippen LogP contribution >= 0.6 is 0 Å². The van der Waals surface area contributed by atoms with Gasteiger partial charge < -0.3 is 9.84 Å². The lowest BCUT2D eigenvalue weighted by molar-refractivity contribution is -0.137. The molecular formula is C15H20O3. The standard InChI is InChI=1S/C15H20O3/c1-9-5-4-6-10(2)8-13-14(12(16)7-9)11(3)15(17)18-13/h5,8,12-14,16H,3-4,6-7H2,1-2H3/b9-5+,10-8+/t12-,13-,14+/m0/s1. The van der Waals surface area contributed by atoms with Crippen LogP contribution in [-0.2, 0) is 9.53 Å². The molecule has 3 atom stereocenters. The SMILES string of the molecule is C=C1C(=O)O[C@H]2/C=C(\C)CC/C=C(\C)C[C@H](O)[C@@H]12. The third-order valence-electron chi connectivity index (χ3n) is 3.69. The summed E-state index contributed by atoms with van der Waals surface area (Å²) >= 11 is 0. The monoisotopic (exact) mass is 248 g/mol. The van der Waals surface area contributed by atoms with Crippen LogP contribution in [0.25, 0.3) is 0 Å². The molecule has 3 heteroatoms. The minimum absolute atomic E-state index is 0.311. The van der Waals surface area contributed by atoms with Crippen molar-refractivity contribution in [3.05, 3.63) is 35.5 Å². The fourth-order valence-corrected chi connectivity index (χ4v) is 2.65. The predicted octanol–water partition coefficient (Wildman–Crippen LogP) is 2.52. The molecule has 2 aliphatic rings. The highest BCUT2D eigenvalue weighted by Gasteiger charge is 2.41. The Labute approximate surface area is 108 Å². The molecule has 2 rings (SSSR count). The van der Waals surface area contributed by atoms with E-state index in [9.17, 15) is 9.90 Å². The molecule has 1 aliphatic heterocycles. The van der Waals surface area contributed by atoms with Crippen molar-refractivity contribution in [1.82, 2.24) is 0 Å². The Morgan fingerprint density at radius 1 is 1.39 bits per heavy atom. The van der Waals surface area contributed by atoms with E-state index >= 15 is 0 Å². The lowest BCUT2D eigenvalue weighted by Gasteiger charge is -2.23. The van der Waals surface area contributed by atoms with Gasteiger partial charge in [-0.15, -0.1) is 0 Å². The van der Waals surface area contributed by atoms with Crippen molar-refractivity contribution in [2.24, 2.45) is 5.92 Å². The van der Waals surface area contributed by atoms with Crippen molar-refractivity contribution < 1.29 is 14.6 Å². The van der Waals surface area contributed by atoms with Crippen LogP contribution in [0.4, 0.5) is 0 Å². The average Bonchev–Trinajstić information content (AvgIpc) is 2.53. The highest BCUT2D eigenvalue weighted by atomic mass is 16.6. The number of esters is 1. The first kappa shape index (κ1) is 13.1. The molecule has 1 fully saturated rings. The highest BCUT2D eigenvalue weighted by Crippen LogP contribution is 2.34. The first-order valence-corrected chi connectivity index (χ1v) is 6.40. The van der Waals surface area contributed by atoms with E-state index in [1.807, 2.05) is 19.9 Å². The number of carbonyl (C=O) groups excluding carboxylic acids is 1. The lowest BCUT2D eigenvalue weighted by atomic mass is 9.86. The Balaban J connectivity index is 2.33. The molecule has 0 aromatic carbocycles. The molecule has 0 aromatic heterocycles. The van der Waals surface area contributed by atoms with Crippen molar-refractivity contribution in [2.45, 2.75) is 45.3 Å². The molecule has 0 aromatic rings. The molecule has 0 saturated carbocycles. The zero-order valence-electron chi connectivity index (χ0n) is 11.0. The van der Waals surface area contributed by atoms with Gasteiger partial charge in [-0.3, -0.25) is 0 Å². The van der Waals surface area contributed by atoms with Crippen molar-refractivity contribution in [1.29, 1.82) is 0 Å². The third kappa shape index (κ3) is 2.56. The van der Waals surface area contributed by atoms with Gasteiger partial charge in [0.05, 0.1) is 12.0 Å². The maximum atomic E-state index is 11.6. The molecule has 1 N–H and O–H groups in total. The lowest BCUT2D eigenvalue weighted by Crippen LogP contribution is -2.28. The second kappa shape index (κ2) is 5.11. The first-order valence-electron chi connectivity index (χ1n) is 6.40. The summed E-state index contributed by atoms with van der Waals surface area (Å²) in [5.74, 6) is -0.692. The number of hydrogen-bond acceptors (Lipinski definition) is 3. The van der Waals surface area contributed by atoms with E-state index in [1.165, 1.54) is 5.57 Å². The summed E-state index contributed by atoms with van der Waals surface area (Å²) in [5, 5.41) is 10.3. The fourth-order valence-electron chi connectivity index (χ4n) is 2.65. The summed E-state index contributed by atoms with van der Waals surface area (Å²) in [6.45, 7) is 7.81. The summed E-state index contributed by atoms with van der Waals surface area (Å²) in [6.07, 6.45) is 5.65. The Bertz CT molecular complexity index is 431. The topological polar surface area (TPSA) is 46.5 Å². The fraction of sp³-hybridized carbons (Fsp3) is 0.533. The largest absolute Gasteiger partial charge is 0.454 e. The van der Waals surface area contributed by atoms with Crippen LogP contribution in [0, 0.1) is 5.92 Å². The molecule has 0 bridgehead atoms. The molecule has 1 aliphatic carbocycles. The number of allylic oxidation sites excluding steroid dienone is 2. The van der Waals surface area contributed by atoms with Gasteiger partial charge in [0.1, 0.15) is 6.10 Å². The van der Waals surface area contributed by atoms with E-state index in [4.69, 9.17) is 4.74 Å². The number of fused-ring (bicyclic) bond motifs is 1. The van der Waals surface area contributed by atoms with Crippen LogP contribution in [0.5, 0.6) is 0 Å². The Morgan fingerprint density at radius 2 is 2.11 bits per heavy atom. The second-order valence-corrected chi connectivity index (χ2v) is 5.29. The zero-order chi connectivity index (χ0) is 13.3. The second-order valence-electron chi connectivity index (χ2n) is 5.29. The Hall–Kier alpha value is -1.35. The van der Waals surface area contributed by atoms with Crippen LogP contribution in [-0.4, -0.2) is 23.3 Å². The van der Waals surface area contributed by atoms with E-state index in [2.05, 4.69) is 12.7 Å². The summed E-state index contributed by atoms with van der Waals surface area (Å²) in [7, 11) is 0. The maximum Gasteiger partial charge on any atom is 0.334 e. The van der Waals surface area contributed by atoms with E-state index < -0.39 is 6.10 Å². The van der Waals surface area contributed by atoms with Crippen molar-refractivity contribution >= 4 is 5.97 Å². The molecule has 0 unspecified atom stereocenters. The maximum absolute atomic E-state index is 11.6. The van der Waals surface area contributed by atoms with Crippen molar-refractivity contribution in [3.63, 3.8) is 0 Å². The molecule has 1 heterocycles. The average molecular weight is 248 g/mol. The van der Waals surface area contributed by atoms with E-state index in [0.29, 0.717) is 12.0 Å². The highest BCUT2D eigenvalue weighted by molar-refractivity contribution is 5.91. The van der Waals surface area contributed by atoms with Gasteiger partial charge in [-0.25, -0.2) is 4.79 Å². The minimum Gasteiger partial charge on any atom is -0.454 e. The van der Waals surface area contributed by atoms with E-state index in [1.54, 1.807) is 0 Å². The van der Waals surface area contributed by atoms with E-state index in [0.717, 1.165) is 18.4 Å². The molecule has 0 amide bonds. The smallest absolute Gasteiger partial charge is 0.334 e. The van der Waals surface area contributed by atoms with Crippen LogP contribution in [0.2, 0.25) is 0 Å².